The molecule has 1 unspecified atom stereocenters. The lowest BCUT2D eigenvalue weighted by atomic mass is 9.71. The number of rotatable bonds is 4. The molecule has 1 heterocycles. The van der Waals surface area contributed by atoms with Crippen LogP contribution in [0.3, 0.4) is 0 Å². The lowest BCUT2D eigenvalue weighted by Crippen LogP contribution is -2.56. The van der Waals surface area contributed by atoms with E-state index in [1.54, 1.807) is 12.1 Å². The predicted octanol–water partition coefficient (Wildman–Crippen LogP) is 5.15. The molecule has 3 aliphatic rings. The molecule has 2 aromatic carbocycles. The number of carbonyl (C=O) groups excluding carboxylic acids is 1. The zero-order valence-corrected chi connectivity index (χ0v) is 22.2. The largest absolute Gasteiger partial charge is 0.465 e. The Morgan fingerprint density at radius 3 is 2.22 bits per heavy atom. The van der Waals surface area contributed by atoms with Crippen molar-refractivity contribution < 1.29 is 23.1 Å². The van der Waals surface area contributed by atoms with E-state index >= 15 is 0 Å². The Morgan fingerprint density at radius 1 is 1.00 bits per heavy atom. The molecule has 9 heteroatoms. The Hall–Kier alpha value is -3.33. The summed E-state index contributed by atoms with van der Waals surface area (Å²) < 4.78 is 28.2. The molecule has 0 saturated carbocycles. The van der Waals surface area contributed by atoms with Gasteiger partial charge in [0.05, 0.1) is 11.2 Å². The maximum absolute atomic E-state index is 13.0. The van der Waals surface area contributed by atoms with Gasteiger partial charge < -0.3 is 10.4 Å². The van der Waals surface area contributed by atoms with Crippen LogP contribution in [-0.2, 0) is 42.1 Å². The van der Waals surface area contributed by atoms with E-state index in [-0.39, 0.29) is 0 Å². The average Bonchev–Trinajstić information content (AvgIpc) is 3.53. The lowest BCUT2D eigenvalue weighted by Gasteiger charge is -2.45. The topological polar surface area (TPSA) is 116 Å². The van der Waals surface area contributed by atoms with Crippen molar-refractivity contribution in [2.24, 2.45) is 5.41 Å². The highest BCUT2D eigenvalue weighted by atomic mass is 32.2. The van der Waals surface area contributed by atoms with E-state index in [2.05, 4.69) is 16.1 Å². The number of anilines is 2. The van der Waals surface area contributed by atoms with Gasteiger partial charge in [-0.25, -0.2) is 22.7 Å². The third-order valence-corrected chi connectivity index (χ3v) is 9.02. The number of carbonyl (C=O) groups is 2. The lowest BCUT2D eigenvalue weighted by molar-refractivity contribution is 0.175. The van der Waals surface area contributed by atoms with E-state index in [4.69, 9.17) is 0 Å². The monoisotopic (exact) mass is 523 g/mol. The van der Waals surface area contributed by atoms with Crippen LogP contribution in [0.2, 0.25) is 0 Å². The van der Waals surface area contributed by atoms with E-state index in [0.717, 1.165) is 66.3 Å². The van der Waals surface area contributed by atoms with E-state index in [1.165, 1.54) is 22.1 Å². The molecule has 5 rings (SSSR count). The predicted molar refractivity (Wildman–Crippen MR) is 144 cm³/mol. The van der Waals surface area contributed by atoms with E-state index in [1.807, 2.05) is 32.9 Å². The Balaban J connectivity index is 1.42. The second-order valence-corrected chi connectivity index (χ2v) is 12.8. The van der Waals surface area contributed by atoms with Gasteiger partial charge in [0.25, 0.3) is 10.0 Å². The third-order valence-electron chi connectivity index (χ3n) is 8.05. The fraction of sp³-hybridized carbons (Fsp3) is 0.429. The van der Waals surface area contributed by atoms with Crippen molar-refractivity contribution >= 4 is 33.5 Å². The molecule has 0 fully saturated rings. The van der Waals surface area contributed by atoms with Gasteiger partial charge in [-0.3, -0.25) is 4.90 Å². The molecule has 0 spiro atoms. The summed E-state index contributed by atoms with van der Waals surface area (Å²) in [7, 11) is -4.21. The highest BCUT2D eigenvalue weighted by Crippen LogP contribution is 2.49. The molecule has 0 aromatic heterocycles. The standard InChI is InChI=1S/C28H33N3O5S/c1-27(2,3)28(17-20-8-4-5-13-23(20)31(28)26(33)34)14-15-37(35,36)30-25(32)29-24-21-11-6-9-18(21)16-19-10-7-12-22(19)24/h4-5,8,13-16H,6-7,9-12,17H2,1-3H3,(H,33,34)(H2,29,30,32). The first kappa shape index (κ1) is 25.3. The molecule has 3 amide bonds. The quantitative estimate of drug-likeness (QED) is 0.512. The van der Waals surface area contributed by atoms with Gasteiger partial charge >= 0.3 is 12.1 Å². The summed E-state index contributed by atoms with van der Waals surface area (Å²) in [4.78, 5) is 26.5. The number of nitrogens with zero attached hydrogens (tertiary/aromatic N) is 1. The highest BCUT2D eigenvalue weighted by Gasteiger charge is 2.53. The molecule has 1 atom stereocenters. The Kier molecular flexibility index (Phi) is 6.09. The number of nitrogens with one attached hydrogen (secondary N) is 2. The van der Waals surface area contributed by atoms with Crippen LogP contribution in [0.1, 0.15) is 61.4 Å². The second-order valence-electron chi connectivity index (χ2n) is 11.2. The highest BCUT2D eigenvalue weighted by molar-refractivity contribution is 7.92. The summed E-state index contributed by atoms with van der Waals surface area (Å²) in [6, 6.07) is 8.60. The fourth-order valence-electron chi connectivity index (χ4n) is 6.19. The molecule has 2 aliphatic carbocycles. The minimum Gasteiger partial charge on any atom is -0.465 e. The number of amides is 3. The molecule has 37 heavy (non-hydrogen) atoms. The Bertz CT molecular complexity index is 1390. The van der Waals surface area contributed by atoms with Crippen LogP contribution < -0.4 is 14.9 Å². The zero-order chi connectivity index (χ0) is 26.6. The molecule has 0 bridgehead atoms. The minimum absolute atomic E-state index is 0.319. The summed E-state index contributed by atoms with van der Waals surface area (Å²) in [5.74, 6) is 0. The minimum atomic E-state index is -4.21. The van der Waals surface area contributed by atoms with Gasteiger partial charge in [-0.15, -0.1) is 0 Å². The molecular formula is C28H33N3O5S. The molecule has 8 nitrogen and oxygen atoms in total. The van der Waals surface area contributed by atoms with Gasteiger partial charge in [-0.2, -0.15) is 0 Å². The number of benzene rings is 2. The first-order valence-electron chi connectivity index (χ1n) is 12.7. The molecule has 2 aromatic rings. The first-order chi connectivity index (χ1) is 17.4. The van der Waals surface area contributed by atoms with Crippen LogP contribution in [0.15, 0.2) is 41.8 Å². The van der Waals surface area contributed by atoms with Crippen LogP contribution >= 0.6 is 0 Å². The molecule has 3 N–H and O–H groups in total. The number of aryl methyl sites for hydroxylation is 2. The second kappa shape index (κ2) is 8.90. The van der Waals surface area contributed by atoms with Gasteiger partial charge in [0, 0.05) is 17.5 Å². The van der Waals surface area contributed by atoms with Gasteiger partial charge in [0.15, 0.2) is 0 Å². The maximum atomic E-state index is 13.0. The number of carboxylic acid groups (broad SMARTS) is 1. The van der Waals surface area contributed by atoms with E-state index < -0.39 is 33.1 Å². The van der Waals surface area contributed by atoms with Crippen LogP contribution in [0.5, 0.6) is 0 Å². The number of sulfonamides is 1. The maximum Gasteiger partial charge on any atom is 0.412 e. The van der Waals surface area contributed by atoms with E-state index in [9.17, 15) is 23.1 Å². The Morgan fingerprint density at radius 2 is 1.62 bits per heavy atom. The normalized spacial score (nSPS) is 20.6. The fourth-order valence-corrected chi connectivity index (χ4v) is 6.97. The van der Waals surface area contributed by atoms with Gasteiger partial charge in [0.2, 0.25) is 0 Å². The van der Waals surface area contributed by atoms with E-state index in [0.29, 0.717) is 12.1 Å². The SMILES string of the molecule is CC(C)(C)C1(C=CS(=O)(=O)NC(=O)Nc2c3c(cc4c2CCC4)CCC3)Cc2ccccc2N1C(=O)O. The van der Waals surface area contributed by atoms with Crippen molar-refractivity contribution in [3.8, 4) is 0 Å². The van der Waals surface area contributed by atoms with Crippen LogP contribution in [0.25, 0.3) is 0 Å². The zero-order valence-electron chi connectivity index (χ0n) is 21.4. The van der Waals surface area contributed by atoms with Gasteiger partial charge in [-0.05, 0) is 83.9 Å². The van der Waals surface area contributed by atoms with Crippen LogP contribution in [0, 0.1) is 5.41 Å². The third kappa shape index (κ3) is 4.39. The molecular weight excluding hydrogens is 490 g/mol. The summed E-state index contributed by atoms with van der Waals surface area (Å²) in [6.07, 6.45) is 6.27. The van der Waals surface area contributed by atoms with Crippen molar-refractivity contribution in [1.82, 2.24) is 4.72 Å². The van der Waals surface area contributed by atoms with Gasteiger partial charge in [0.1, 0.15) is 0 Å². The molecule has 196 valence electrons. The molecule has 0 radical (unpaired) electrons. The van der Waals surface area contributed by atoms with Crippen molar-refractivity contribution in [1.29, 1.82) is 0 Å². The average molecular weight is 524 g/mol. The number of urea groups is 1. The number of para-hydroxylation sites is 1. The number of hydrogen-bond donors (Lipinski definition) is 3. The summed E-state index contributed by atoms with van der Waals surface area (Å²) in [5.41, 5.74) is 4.99. The van der Waals surface area contributed by atoms with Crippen molar-refractivity contribution in [2.75, 3.05) is 10.2 Å². The summed E-state index contributed by atoms with van der Waals surface area (Å²) in [6.45, 7) is 5.63. The van der Waals surface area contributed by atoms with Crippen LogP contribution in [-0.4, -0.2) is 31.2 Å². The van der Waals surface area contributed by atoms with Crippen LogP contribution in [0.4, 0.5) is 21.0 Å². The molecule has 1 aliphatic heterocycles. The van der Waals surface area contributed by atoms with Crippen molar-refractivity contribution in [2.45, 2.75) is 71.3 Å². The summed E-state index contributed by atoms with van der Waals surface area (Å²) >= 11 is 0. The van der Waals surface area contributed by atoms with Crippen molar-refractivity contribution in [3.63, 3.8) is 0 Å². The number of fused-ring (bicyclic) bond motifs is 3. The first-order valence-corrected chi connectivity index (χ1v) is 14.3. The number of hydrogen-bond acceptors (Lipinski definition) is 4. The van der Waals surface area contributed by atoms with Crippen molar-refractivity contribution in [3.05, 3.63) is 69.6 Å². The summed E-state index contributed by atoms with van der Waals surface area (Å²) in [5, 5.41) is 13.9. The smallest absolute Gasteiger partial charge is 0.412 e. The molecule has 0 saturated heterocycles. The van der Waals surface area contributed by atoms with Gasteiger partial charge in [-0.1, -0.05) is 45.0 Å². The Labute approximate surface area is 217 Å².